The van der Waals surface area contributed by atoms with E-state index in [4.69, 9.17) is 12.3 Å². The van der Waals surface area contributed by atoms with Crippen LogP contribution in [0.2, 0.25) is 0 Å². The van der Waals surface area contributed by atoms with E-state index in [1.807, 2.05) is 6.07 Å². The lowest BCUT2D eigenvalue weighted by Gasteiger charge is -2.29. The van der Waals surface area contributed by atoms with E-state index in [0.717, 1.165) is 0 Å². The molecule has 0 fully saturated rings. The molecule has 0 unspecified atom stereocenters. The van der Waals surface area contributed by atoms with Crippen molar-refractivity contribution in [3.05, 3.63) is 229 Å². The van der Waals surface area contributed by atoms with Crippen molar-refractivity contribution in [3.8, 4) is 39.9 Å². The average molecular weight is 877 g/mol. The molecule has 0 aliphatic carbocycles. The number of fused-ring (bicyclic) bond motifs is 12. The second-order valence-electron chi connectivity index (χ2n) is 14.4. The number of nitrogens with zero attached hydrogens (tertiary/aromatic N) is 5. The van der Waals surface area contributed by atoms with Crippen molar-refractivity contribution >= 4 is 87.2 Å². The molecule has 0 amide bonds. The van der Waals surface area contributed by atoms with Gasteiger partial charge in [0.1, 0.15) is 11.6 Å². The third kappa shape index (κ3) is 4.87. The molecule has 0 aliphatic heterocycles. The maximum atomic E-state index is 13.1. The molecule has 0 atom stereocenters. The standard InChI is InChI=1S/C61H37N5/c62-38-48-58(63-49-30-12-4-22-40(49)41-23-5-13-31-50(41)63)60(65-53-34-16-8-26-44(53)45-27-9-17-35-54(45)65)57(39-20-2-1-3-21-39)61(66-55-36-18-10-28-46(55)47-29-11-19-37-56(47)66)59(48)64-51-32-14-6-24-42(51)43-25-7-15-33-52(43)64/h1-37H/i1D,2D,3D,4D,5D,6D,7D,8D,9D,10D,11D,12D,13D,14D,15D,16D,17D,18D,19D,20D,21D,22D,23D,24D,25D,26D,27D,28D,29D,30D,31D,32D,33D,34D,35D,36D,37D. The van der Waals surface area contributed by atoms with Crippen LogP contribution in [0.25, 0.3) is 121 Å². The van der Waals surface area contributed by atoms with Gasteiger partial charge < -0.3 is 18.3 Å². The van der Waals surface area contributed by atoms with Gasteiger partial charge in [-0.1, -0.05) is 175 Å². The molecule has 66 heavy (non-hydrogen) atoms. The summed E-state index contributed by atoms with van der Waals surface area (Å²) in [6.07, 6.45) is 0. The molecule has 0 radical (unpaired) electrons. The highest BCUT2D eigenvalue weighted by Gasteiger charge is 2.34. The highest BCUT2D eigenvalue weighted by atomic mass is 15.1. The van der Waals surface area contributed by atoms with Crippen LogP contribution in [0.15, 0.2) is 224 Å². The number of para-hydroxylation sites is 8. The SMILES string of the molecule is [2H]c1c([2H])c([2H])c(-c2c(-n3c4c([2H])c([2H])c([2H])c([2H])c4c4c([2H])c([2H])c([2H])c([2H])c43)c(-n3c4c([2H])c([2H])c([2H])c([2H])c4c4c([2H])c([2H])c([2H])c([2H])c43)c(C#N)c(-n3c4c([2H])c([2H])c([2H])c([2H])c4c4c([2H])c([2H])c([2H])c([2H])c43)c2-n2c3c([2H])c([2H])c([2H])c([2H])c3c3c([2H])c([2H])c([2H])c([2H])c32)c([2H])c1[2H]. The molecule has 14 rings (SSSR count). The molecular weight excluding hydrogens is 803 g/mol. The predicted molar refractivity (Wildman–Crippen MR) is 274 cm³/mol. The Morgan fingerprint density at radius 1 is 0.273 bits per heavy atom. The van der Waals surface area contributed by atoms with Crippen LogP contribution in [0.4, 0.5) is 0 Å². The minimum Gasteiger partial charge on any atom is -0.306 e. The Kier molecular flexibility index (Phi) is 3.29. The van der Waals surface area contributed by atoms with Gasteiger partial charge in [-0.2, -0.15) is 5.26 Å². The van der Waals surface area contributed by atoms with E-state index in [1.165, 1.54) is 0 Å². The molecule has 0 spiro atoms. The van der Waals surface area contributed by atoms with Gasteiger partial charge in [-0.3, -0.25) is 0 Å². The maximum Gasteiger partial charge on any atom is 0.104 e. The Morgan fingerprint density at radius 3 is 0.727 bits per heavy atom. The van der Waals surface area contributed by atoms with Crippen LogP contribution in [0.5, 0.6) is 0 Å². The van der Waals surface area contributed by atoms with Gasteiger partial charge in [-0.25, -0.2) is 0 Å². The van der Waals surface area contributed by atoms with Gasteiger partial charge in [0.05, 0.1) is 118 Å². The van der Waals surface area contributed by atoms with Crippen molar-refractivity contribution in [1.82, 2.24) is 18.3 Å². The van der Waals surface area contributed by atoms with Crippen LogP contribution in [-0.4, -0.2) is 18.3 Å². The smallest absolute Gasteiger partial charge is 0.104 e. The molecule has 4 aromatic heterocycles. The fourth-order valence-electron chi connectivity index (χ4n) is 8.86. The zero-order valence-corrected chi connectivity index (χ0v) is 32.7. The third-order valence-corrected chi connectivity index (χ3v) is 11.3. The van der Waals surface area contributed by atoms with E-state index in [-0.39, 0.29) is 0 Å². The molecule has 306 valence electrons. The summed E-state index contributed by atoms with van der Waals surface area (Å²) < 4.78 is 355. The van der Waals surface area contributed by atoms with Crippen LogP contribution < -0.4 is 0 Å². The van der Waals surface area contributed by atoms with E-state index in [2.05, 4.69) is 0 Å². The van der Waals surface area contributed by atoms with E-state index in [9.17, 15) is 43.6 Å². The van der Waals surface area contributed by atoms with Gasteiger partial charge in [0.2, 0.25) is 0 Å². The monoisotopic (exact) mass is 877 g/mol. The lowest BCUT2D eigenvalue weighted by atomic mass is 9.93. The third-order valence-electron chi connectivity index (χ3n) is 11.3. The summed E-state index contributed by atoms with van der Waals surface area (Å²) in [5.41, 5.74) is -17.6. The van der Waals surface area contributed by atoms with Crippen molar-refractivity contribution in [2.45, 2.75) is 0 Å². The van der Waals surface area contributed by atoms with Gasteiger partial charge in [-0.05, 0) is 53.9 Å². The maximum absolute atomic E-state index is 13.1. The van der Waals surface area contributed by atoms with Crippen molar-refractivity contribution in [2.75, 3.05) is 0 Å². The van der Waals surface area contributed by atoms with E-state index >= 15 is 0 Å². The zero-order valence-electron chi connectivity index (χ0n) is 69.7. The summed E-state index contributed by atoms with van der Waals surface area (Å²) in [6.45, 7) is 0. The molecule has 0 saturated carbocycles. The molecular formula is C61H37N5. The summed E-state index contributed by atoms with van der Waals surface area (Å²) in [6, 6.07) is -42.0. The largest absolute Gasteiger partial charge is 0.306 e. The summed E-state index contributed by atoms with van der Waals surface area (Å²) in [5.74, 6) is 0. The second-order valence-corrected chi connectivity index (χ2v) is 14.4. The highest BCUT2D eigenvalue weighted by molar-refractivity contribution is 6.17. The Bertz CT molecular complexity index is 5900. The van der Waals surface area contributed by atoms with Gasteiger partial charge in [0, 0.05) is 48.7 Å². The first-order valence-corrected chi connectivity index (χ1v) is 19.4. The average Bonchev–Trinajstić information content (AvgIpc) is 1.53. The number of hydrogen-bond acceptors (Lipinski definition) is 1. The molecule has 5 nitrogen and oxygen atoms in total. The molecule has 0 aliphatic rings. The Morgan fingerprint density at radius 2 is 0.485 bits per heavy atom. The zero-order chi connectivity index (χ0) is 75.7. The summed E-state index contributed by atoms with van der Waals surface area (Å²) in [4.78, 5) is 0. The van der Waals surface area contributed by atoms with Crippen LogP contribution in [0, 0.1) is 11.3 Å². The number of hydrogen-bond donors (Lipinski definition) is 0. The van der Waals surface area contributed by atoms with Crippen molar-refractivity contribution < 1.29 is 50.7 Å². The fourth-order valence-corrected chi connectivity index (χ4v) is 8.86. The first-order valence-electron chi connectivity index (χ1n) is 37.9. The topological polar surface area (TPSA) is 43.5 Å². The Balaban J connectivity index is 1.57. The first-order chi connectivity index (χ1) is 48.1. The van der Waals surface area contributed by atoms with Gasteiger partial charge in [0.15, 0.2) is 0 Å². The molecule has 14 aromatic rings. The molecule has 5 heteroatoms. The number of nitriles is 1. The van der Waals surface area contributed by atoms with Crippen molar-refractivity contribution in [3.63, 3.8) is 0 Å². The normalized spacial score (nSPS) is 19.8. The molecule has 0 saturated heterocycles. The molecule has 10 aromatic carbocycles. The minimum absolute atomic E-state index is 0.525. The van der Waals surface area contributed by atoms with Gasteiger partial charge in [-0.15, -0.1) is 0 Å². The fraction of sp³-hybridized carbons (Fsp3) is 0. The number of rotatable bonds is 5. The highest BCUT2D eigenvalue weighted by Crippen LogP contribution is 2.51. The van der Waals surface area contributed by atoms with Crippen molar-refractivity contribution in [2.24, 2.45) is 0 Å². The van der Waals surface area contributed by atoms with Crippen LogP contribution in [0.1, 0.15) is 56.3 Å². The lowest BCUT2D eigenvalue weighted by molar-refractivity contribution is 1.04. The second kappa shape index (κ2) is 13.9. The first kappa shape index (κ1) is 15.6. The summed E-state index contributed by atoms with van der Waals surface area (Å²) in [7, 11) is 0. The van der Waals surface area contributed by atoms with Crippen LogP contribution in [0.3, 0.4) is 0 Å². The van der Waals surface area contributed by atoms with Crippen LogP contribution in [-0.2, 0) is 0 Å². The lowest BCUT2D eigenvalue weighted by Crippen LogP contribution is -2.16. The minimum atomic E-state index is -1.43. The van der Waals surface area contributed by atoms with E-state index in [0.29, 0.717) is 18.3 Å². The summed E-state index contributed by atoms with van der Waals surface area (Å²) >= 11 is 0. The summed E-state index contributed by atoms with van der Waals surface area (Å²) in [5, 5.41) is 6.28. The van der Waals surface area contributed by atoms with E-state index in [1.54, 1.807) is 0 Å². The van der Waals surface area contributed by atoms with Gasteiger partial charge >= 0.3 is 0 Å². The molecule has 4 heterocycles. The van der Waals surface area contributed by atoms with Gasteiger partial charge in [0.25, 0.3) is 0 Å². The van der Waals surface area contributed by atoms with Crippen molar-refractivity contribution in [1.29, 1.82) is 5.26 Å². The number of benzene rings is 10. The Hall–Kier alpha value is -9.11. The molecule has 0 bridgehead atoms. The van der Waals surface area contributed by atoms with Crippen LogP contribution >= 0.6 is 0 Å². The molecule has 0 N–H and O–H groups in total. The van der Waals surface area contributed by atoms with E-state index < -0.39 is 350 Å². The quantitative estimate of drug-likeness (QED) is 0.170. The predicted octanol–water partition coefficient (Wildman–Crippen LogP) is 15.6. The Labute approximate surface area is 431 Å². The number of aromatic nitrogens is 4.